The van der Waals surface area contributed by atoms with Gasteiger partial charge in [-0.05, 0) is 30.7 Å². The van der Waals surface area contributed by atoms with Crippen LogP contribution in [0, 0.1) is 0 Å². The molecule has 0 aliphatic carbocycles. The molecule has 2 rings (SSSR count). The molecule has 0 radical (unpaired) electrons. The van der Waals surface area contributed by atoms with Crippen LogP contribution < -0.4 is 5.32 Å². The van der Waals surface area contributed by atoms with Crippen LogP contribution in [0.3, 0.4) is 0 Å². The molecule has 104 valence electrons. The molecule has 0 saturated carbocycles. The maximum atomic E-state index is 12.3. The van der Waals surface area contributed by atoms with E-state index < -0.39 is 5.54 Å². The van der Waals surface area contributed by atoms with Crippen molar-refractivity contribution in [3.8, 4) is 5.75 Å². The van der Waals surface area contributed by atoms with Crippen LogP contribution in [0.4, 0.5) is 0 Å². The van der Waals surface area contributed by atoms with Gasteiger partial charge in [-0.25, -0.2) is 0 Å². The third-order valence-electron chi connectivity index (χ3n) is 3.18. The lowest BCUT2D eigenvalue weighted by Gasteiger charge is -2.29. The van der Waals surface area contributed by atoms with Crippen LogP contribution in [0.15, 0.2) is 54.6 Å². The lowest BCUT2D eigenvalue weighted by molar-refractivity contribution is 0.0913. The third-order valence-corrected chi connectivity index (χ3v) is 4.30. The van der Waals surface area contributed by atoms with Crippen molar-refractivity contribution in [2.45, 2.75) is 12.5 Å². The molecule has 2 N–H and O–H groups in total. The van der Waals surface area contributed by atoms with Crippen LogP contribution in [-0.2, 0) is 5.54 Å². The van der Waals surface area contributed by atoms with Crippen LogP contribution in [0.2, 0.25) is 0 Å². The molecule has 2 aromatic carbocycles. The van der Waals surface area contributed by atoms with Crippen molar-refractivity contribution in [2.24, 2.45) is 0 Å². The fourth-order valence-electron chi connectivity index (χ4n) is 1.96. The summed E-state index contributed by atoms with van der Waals surface area (Å²) in [7, 11) is 0. The normalized spacial score (nSPS) is 13.5. The van der Waals surface area contributed by atoms with Crippen molar-refractivity contribution in [3.63, 3.8) is 0 Å². The fourth-order valence-corrected chi connectivity index (χ4v) is 2.42. The minimum Gasteiger partial charge on any atom is -0.508 e. The smallest absolute Gasteiger partial charge is 0.252 e. The Labute approximate surface area is 126 Å². The summed E-state index contributed by atoms with van der Waals surface area (Å²) in [6.07, 6.45) is 0. The van der Waals surface area contributed by atoms with Gasteiger partial charge in [0, 0.05) is 10.9 Å². The van der Waals surface area contributed by atoms with Gasteiger partial charge in [-0.3, -0.25) is 4.79 Å². The second kappa shape index (κ2) is 6.09. The van der Waals surface area contributed by atoms with E-state index in [9.17, 15) is 9.90 Å². The number of carbonyl (C=O) groups excluding carboxylic acids is 1. The molecule has 0 aromatic heterocycles. The highest BCUT2D eigenvalue weighted by Crippen LogP contribution is 2.24. The number of hydrogen-bond donors (Lipinski definition) is 2. The first-order valence-corrected chi connectivity index (χ1v) is 7.40. The predicted octanol–water partition coefficient (Wildman–Crippen LogP) is 3.43. The highest BCUT2D eigenvalue weighted by Gasteiger charge is 2.27. The topological polar surface area (TPSA) is 49.3 Å². The summed E-state index contributed by atoms with van der Waals surface area (Å²) in [5.41, 5.74) is 0.947. The molecule has 1 unspecified atom stereocenters. The molecule has 0 saturated heterocycles. The van der Waals surface area contributed by atoms with E-state index in [4.69, 9.17) is 0 Å². The molecule has 3 nitrogen and oxygen atoms in total. The maximum absolute atomic E-state index is 12.3. The molecule has 0 fully saturated rings. The van der Waals surface area contributed by atoms with Gasteiger partial charge in [0.15, 0.2) is 0 Å². The van der Waals surface area contributed by atoms with Crippen LogP contribution in [0.1, 0.15) is 22.8 Å². The number of phenolic OH excluding ortho intramolecular Hbond substituents is 1. The quantitative estimate of drug-likeness (QED) is 0.842. The monoisotopic (exact) mass is 333 g/mol. The zero-order valence-electron chi connectivity index (χ0n) is 11.1. The molecule has 0 spiro atoms. The minimum atomic E-state index is -0.510. The molecular formula is C16H16BrNO2. The first-order valence-electron chi connectivity index (χ1n) is 6.28. The molecule has 4 heteroatoms. The number of halogens is 1. The number of alkyl halides is 1. The van der Waals surface area contributed by atoms with Crippen molar-refractivity contribution in [1.82, 2.24) is 5.32 Å². The number of phenols is 1. The number of nitrogens with one attached hydrogen (secondary N) is 1. The Morgan fingerprint density at radius 2 is 1.90 bits per heavy atom. The number of hydrogen-bond acceptors (Lipinski definition) is 2. The molecular weight excluding hydrogens is 318 g/mol. The molecule has 1 amide bonds. The van der Waals surface area contributed by atoms with E-state index in [1.54, 1.807) is 12.1 Å². The van der Waals surface area contributed by atoms with E-state index in [2.05, 4.69) is 21.2 Å². The molecule has 20 heavy (non-hydrogen) atoms. The summed E-state index contributed by atoms with van der Waals surface area (Å²) < 4.78 is 0. The number of carbonyl (C=O) groups is 1. The van der Waals surface area contributed by atoms with Crippen LogP contribution >= 0.6 is 15.9 Å². The maximum Gasteiger partial charge on any atom is 0.252 e. The van der Waals surface area contributed by atoms with Gasteiger partial charge in [0.05, 0.1) is 5.54 Å². The molecule has 0 aliphatic rings. The Hall–Kier alpha value is -1.81. The molecule has 2 aromatic rings. The Kier molecular flexibility index (Phi) is 4.45. The van der Waals surface area contributed by atoms with E-state index >= 15 is 0 Å². The van der Waals surface area contributed by atoms with E-state index in [0.717, 1.165) is 5.56 Å². The Morgan fingerprint density at radius 3 is 2.50 bits per heavy atom. The second-order valence-corrected chi connectivity index (χ2v) is 5.40. The zero-order valence-corrected chi connectivity index (χ0v) is 12.7. The van der Waals surface area contributed by atoms with Gasteiger partial charge in [-0.1, -0.05) is 52.3 Å². The third kappa shape index (κ3) is 3.20. The number of benzene rings is 2. The van der Waals surface area contributed by atoms with E-state index in [1.165, 1.54) is 12.1 Å². The van der Waals surface area contributed by atoms with Gasteiger partial charge in [-0.2, -0.15) is 0 Å². The van der Waals surface area contributed by atoms with Crippen molar-refractivity contribution in [1.29, 1.82) is 0 Å². The minimum absolute atomic E-state index is 0.0814. The average molecular weight is 334 g/mol. The van der Waals surface area contributed by atoms with Crippen LogP contribution in [0.25, 0.3) is 0 Å². The van der Waals surface area contributed by atoms with Crippen LogP contribution in [0.5, 0.6) is 5.75 Å². The lowest BCUT2D eigenvalue weighted by Crippen LogP contribution is -2.44. The van der Waals surface area contributed by atoms with Crippen molar-refractivity contribution in [2.75, 3.05) is 5.33 Å². The van der Waals surface area contributed by atoms with Gasteiger partial charge < -0.3 is 10.4 Å². The zero-order chi connectivity index (χ0) is 14.6. The molecule has 0 bridgehead atoms. The summed E-state index contributed by atoms with van der Waals surface area (Å²) in [5, 5.41) is 13.0. The molecule has 0 aliphatic heterocycles. The Balaban J connectivity index is 2.24. The second-order valence-electron chi connectivity index (χ2n) is 4.84. The summed E-state index contributed by atoms with van der Waals surface area (Å²) in [6, 6.07) is 16.1. The van der Waals surface area contributed by atoms with Gasteiger partial charge in [0.2, 0.25) is 0 Å². The molecule has 0 heterocycles. The predicted molar refractivity (Wildman–Crippen MR) is 83.2 cm³/mol. The summed E-state index contributed by atoms with van der Waals surface area (Å²) in [6.45, 7) is 1.96. The Morgan fingerprint density at radius 1 is 1.20 bits per heavy atom. The SMILES string of the molecule is CC(CBr)(NC(=O)c1cccc(O)c1)c1ccccc1. The first-order chi connectivity index (χ1) is 9.55. The van der Waals surface area contributed by atoms with Gasteiger partial charge >= 0.3 is 0 Å². The highest BCUT2D eigenvalue weighted by atomic mass is 79.9. The van der Waals surface area contributed by atoms with Crippen LogP contribution in [-0.4, -0.2) is 16.3 Å². The van der Waals surface area contributed by atoms with E-state index in [-0.39, 0.29) is 11.7 Å². The van der Waals surface area contributed by atoms with Crippen molar-refractivity contribution < 1.29 is 9.90 Å². The largest absolute Gasteiger partial charge is 0.508 e. The van der Waals surface area contributed by atoms with E-state index in [1.807, 2.05) is 37.3 Å². The number of rotatable bonds is 4. The van der Waals surface area contributed by atoms with Crippen molar-refractivity contribution in [3.05, 3.63) is 65.7 Å². The molecule has 1 atom stereocenters. The van der Waals surface area contributed by atoms with E-state index in [0.29, 0.717) is 10.9 Å². The summed E-state index contributed by atoms with van der Waals surface area (Å²) >= 11 is 3.46. The highest BCUT2D eigenvalue weighted by molar-refractivity contribution is 9.09. The summed E-state index contributed by atoms with van der Waals surface area (Å²) in [4.78, 5) is 12.3. The summed E-state index contributed by atoms with van der Waals surface area (Å²) in [5.74, 6) is -0.135. The lowest BCUT2D eigenvalue weighted by atomic mass is 9.94. The fraction of sp³-hybridized carbons (Fsp3) is 0.188. The number of amides is 1. The standard InChI is InChI=1S/C16H16BrNO2/c1-16(11-17,13-7-3-2-4-8-13)18-15(20)12-6-5-9-14(19)10-12/h2-10,19H,11H2,1H3,(H,18,20). The average Bonchev–Trinajstić information content (AvgIpc) is 2.48. The van der Waals surface area contributed by atoms with Gasteiger partial charge in [-0.15, -0.1) is 0 Å². The Bertz CT molecular complexity index is 600. The van der Waals surface area contributed by atoms with Crippen molar-refractivity contribution >= 4 is 21.8 Å². The number of aromatic hydroxyl groups is 1. The van der Waals surface area contributed by atoms with Gasteiger partial charge in [0.1, 0.15) is 5.75 Å². The first kappa shape index (κ1) is 14.6. The van der Waals surface area contributed by atoms with Gasteiger partial charge in [0.25, 0.3) is 5.91 Å².